The molecule has 1 heterocycles. The maximum absolute atomic E-state index is 13.9. The number of likely N-dealkylation sites (tertiary alicyclic amines) is 1. The van der Waals surface area contributed by atoms with E-state index in [2.05, 4.69) is 5.32 Å². The molecule has 25 heavy (non-hydrogen) atoms. The summed E-state index contributed by atoms with van der Waals surface area (Å²) in [5, 5.41) is 2.86. The number of nitrogens with two attached hydrogens (primary N) is 1. The van der Waals surface area contributed by atoms with Gasteiger partial charge in [0.25, 0.3) is 0 Å². The molecule has 3 N–H and O–H groups in total. The van der Waals surface area contributed by atoms with Gasteiger partial charge in [0.15, 0.2) is 0 Å². The maximum Gasteiger partial charge on any atom is 0.223 e. The molecule has 5 nitrogen and oxygen atoms in total. The Balaban J connectivity index is 1.95. The van der Waals surface area contributed by atoms with Crippen LogP contribution in [0, 0.1) is 5.82 Å². The Kier molecular flexibility index (Phi) is 7.37. The third-order valence-electron chi connectivity index (χ3n) is 4.77. The summed E-state index contributed by atoms with van der Waals surface area (Å²) in [5.74, 6) is -0.510. The molecule has 2 unspecified atom stereocenters. The van der Waals surface area contributed by atoms with Gasteiger partial charge in [-0.1, -0.05) is 25.1 Å². The zero-order valence-corrected chi connectivity index (χ0v) is 14.8. The van der Waals surface area contributed by atoms with Gasteiger partial charge in [-0.05, 0) is 36.8 Å². The molecule has 0 bridgehead atoms. The van der Waals surface area contributed by atoms with Gasteiger partial charge in [0.2, 0.25) is 11.8 Å². The van der Waals surface area contributed by atoms with Crippen LogP contribution in [0.5, 0.6) is 0 Å². The first kappa shape index (κ1) is 19.4. The van der Waals surface area contributed by atoms with Crippen LogP contribution in [0.15, 0.2) is 24.3 Å². The normalized spacial score (nSPS) is 18.7. The lowest BCUT2D eigenvalue weighted by atomic mass is 9.95. The second-order valence-electron chi connectivity index (χ2n) is 6.71. The molecule has 1 aromatic carbocycles. The Morgan fingerprint density at radius 1 is 1.36 bits per heavy atom. The van der Waals surface area contributed by atoms with E-state index >= 15 is 0 Å². The maximum atomic E-state index is 13.9. The van der Waals surface area contributed by atoms with E-state index < -0.39 is 0 Å². The number of carbonyl (C=O) groups is 2. The van der Waals surface area contributed by atoms with Gasteiger partial charge in [-0.3, -0.25) is 9.59 Å². The molecular weight excluding hydrogens is 321 g/mol. The fraction of sp³-hybridized carbons (Fsp3) is 0.579. The Morgan fingerprint density at radius 3 is 2.84 bits per heavy atom. The summed E-state index contributed by atoms with van der Waals surface area (Å²) >= 11 is 0. The number of benzene rings is 1. The van der Waals surface area contributed by atoms with Gasteiger partial charge in [-0.2, -0.15) is 0 Å². The minimum atomic E-state index is -0.271. The van der Waals surface area contributed by atoms with Crippen LogP contribution in [-0.4, -0.2) is 42.4 Å². The van der Waals surface area contributed by atoms with Gasteiger partial charge in [-0.15, -0.1) is 0 Å². The summed E-state index contributed by atoms with van der Waals surface area (Å²) in [6, 6.07) is 6.60. The third kappa shape index (κ3) is 5.53. The molecule has 0 saturated carbocycles. The summed E-state index contributed by atoms with van der Waals surface area (Å²) in [6.45, 7) is 3.34. The van der Waals surface area contributed by atoms with E-state index in [0.29, 0.717) is 31.6 Å². The lowest BCUT2D eigenvalue weighted by Crippen LogP contribution is -2.49. The number of hydrogen-bond donors (Lipinski definition) is 2. The van der Waals surface area contributed by atoms with Crippen molar-refractivity contribution in [3.05, 3.63) is 35.6 Å². The van der Waals surface area contributed by atoms with Crippen LogP contribution in [0.25, 0.3) is 0 Å². The highest BCUT2D eigenvalue weighted by Gasteiger charge is 2.28. The van der Waals surface area contributed by atoms with Crippen molar-refractivity contribution in [3.63, 3.8) is 0 Å². The fourth-order valence-electron chi connectivity index (χ4n) is 3.36. The first-order valence-corrected chi connectivity index (χ1v) is 9.03. The molecule has 1 aliphatic heterocycles. The van der Waals surface area contributed by atoms with Gasteiger partial charge >= 0.3 is 0 Å². The minimum Gasteiger partial charge on any atom is -0.354 e. The van der Waals surface area contributed by atoms with Crippen molar-refractivity contribution in [2.24, 2.45) is 5.73 Å². The van der Waals surface area contributed by atoms with Crippen molar-refractivity contribution in [2.75, 3.05) is 19.6 Å². The van der Waals surface area contributed by atoms with E-state index in [4.69, 9.17) is 5.73 Å². The number of piperidine rings is 1. The van der Waals surface area contributed by atoms with Crippen molar-refractivity contribution >= 4 is 11.8 Å². The van der Waals surface area contributed by atoms with Crippen LogP contribution in [-0.2, 0) is 9.59 Å². The van der Waals surface area contributed by atoms with Crippen LogP contribution in [0.3, 0.4) is 0 Å². The molecule has 0 aromatic heterocycles. The molecule has 1 aliphatic rings. The van der Waals surface area contributed by atoms with Gasteiger partial charge < -0.3 is 16.0 Å². The predicted octanol–water partition coefficient (Wildman–Crippen LogP) is 2.17. The van der Waals surface area contributed by atoms with Crippen molar-refractivity contribution < 1.29 is 14.0 Å². The summed E-state index contributed by atoms with van der Waals surface area (Å²) in [4.78, 5) is 26.2. The van der Waals surface area contributed by atoms with E-state index in [0.717, 1.165) is 19.3 Å². The summed E-state index contributed by atoms with van der Waals surface area (Å²) in [5.41, 5.74) is 5.95. The van der Waals surface area contributed by atoms with Crippen LogP contribution in [0.1, 0.15) is 50.5 Å². The standard InChI is InChI=1S/C19H28FN3O2/c1-14(16-7-2-3-8-17(16)20)12-19(25)23-11-5-4-6-15(23)13-22-18(24)9-10-21/h2-3,7-8,14-15H,4-6,9-13,21H2,1H3,(H,22,24). The Labute approximate surface area is 148 Å². The van der Waals surface area contributed by atoms with Gasteiger partial charge in [-0.25, -0.2) is 4.39 Å². The SMILES string of the molecule is CC(CC(=O)N1CCCCC1CNC(=O)CCN)c1ccccc1F. The van der Waals surface area contributed by atoms with Gasteiger partial charge in [0.05, 0.1) is 0 Å². The third-order valence-corrected chi connectivity index (χ3v) is 4.77. The Morgan fingerprint density at radius 2 is 2.12 bits per heavy atom. The van der Waals surface area contributed by atoms with Gasteiger partial charge in [0, 0.05) is 38.5 Å². The molecule has 2 atom stereocenters. The summed E-state index contributed by atoms with van der Waals surface area (Å²) in [7, 11) is 0. The summed E-state index contributed by atoms with van der Waals surface area (Å²) < 4.78 is 13.9. The van der Waals surface area contributed by atoms with Crippen LogP contribution in [0.4, 0.5) is 4.39 Å². The molecule has 0 aliphatic carbocycles. The number of nitrogens with one attached hydrogen (secondary N) is 1. The molecule has 1 fully saturated rings. The van der Waals surface area contributed by atoms with E-state index in [9.17, 15) is 14.0 Å². The molecule has 1 aromatic rings. The smallest absolute Gasteiger partial charge is 0.223 e. The molecular formula is C19H28FN3O2. The first-order valence-electron chi connectivity index (χ1n) is 9.03. The largest absolute Gasteiger partial charge is 0.354 e. The highest BCUT2D eigenvalue weighted by Crippen LogP contribution is 2.25. The molecule has 0 spiro atoms. The first-order chi connectivity index (χ1) is 12.0. The van der Waals surface area contributed by atoms with Crippen LogP contribution >= 0.6 is 0 Å². The van der Waals surface area contributed by atoms with E-state index in [1.54, 1.807) is 18.2 Å². The van der Waals surface area contributed by atoms with Gasteiger partial charge in [0.1, 0.15) is 5.82 Å². The summed E-state index contributed by atoms with van der Waals surface area (Å²) in [6.07, 6.45) is 3.46. The van der Waals surface area contributed by atoms with E-state index in [1.807, 2.05) is 11.8 Å². The average Bonchev–Trinajstić information content (AvgIpc) is 2.60. The lowest BCUT2D eigenvalue weighted by Gasteiger charge is -2.36. The second-order valence-corrected chi connectivity index (χ2v) is 6.71. The molecule has 2 rings (SSSR count). The van der Waals surface area contributed by atoms with Crippen LogP contribution < -0.4 is 11.1 Å². The molecule has 6 heteroatoms. The van der Waals surface area contributed by atoms with Crippen molar-refractivity contribution in [1.29, 1.82) is 0 Å². The number of halogens is 1. The van der Waals surface area contributed by atoms with Crippen molar-refractivity contribution in [1.82, 2.24) is 10.2 Å². The number of rotatable bonds is 7. The quantitative estimate of drug-likeness (QED) is 0.792. The Bertz CT molecular complexity index is 594. The fourth-order valence-corrected chi connectivity index (χ4v) is 3.36. The predicted molar refractivity (Wildman–Crippen MR) is 95.5 cm³/mol. The highest BCUT2D eigenvalue weighted by atomic mass is 19.1. The molecule has 138 valence electrons. The Hall–Kier alpha value is -1.95. The number of carbonyl (C=O) groups excluding carboxylic acids is 2. The van der Waals surface area contributed by atoms with E-state index in [1.165, 1.54) is 6.07 Å². The van der Waals surface area contributed by atoms with Crippen molar-refractivity contribution in [3.8, 4) is 0 Å². The molecule has 0 radical (unpaired) electrons. The average molecular weight is 349 g/mol. The van der Waals surface area contributed by atoms with Crippen molar-refractivity contribution in [2.45, 2.75) is 51.0 Å². The monoisotopic (exact) mass is 349 g/mol. The zero-order chi connectivity index (χ0) is 18.2. The zero-order valence-electron chi connectivity index (χ0n) is 14.8. The number of nitrogens with zero attached hydrogens (tertiary/aromatic N) is 1. The molecule has 1 saturated heterocycles. The number of amides is 2. The molecule has 2 amide bonds. The lowest BCUT2D eigenvalue weighted by molar-refractivity contribution is -0.135. The topological polar surface area (TPSA) is 75.4 Å². The minimum absolute atomic E-state index is 0.01000. The van der Waals surface area contributed by atoms with E-state index in [-0.39, 0.29) is 36.0 Å². The second kappa shape index (κ2) is 9.51. The van der Waals surface area contributed by atoms with Crippen LogP contribution in [0.2, 0.25) is 0 Å². The number of hydrogen-bond acceptors (Lipinski definition) is 3. The highest BCUT2D eigenvalue weighted by molar-refractivity contribution is 5.78.